The molecule has 24 heavy (non-hydrogen) atoms. The Morgan fingerprint density at radius 1 is 0.958 bits per heavy atom. The van der Waals surface area contributed by atoms with Gasteiger partial charge in [0.05, 0.1) is 18.7 Å². The minimum absolute atomic E-state index is 0.213. The number of imidazole rings is 1. The lowest BCUT2D eigenvalue weighted by Crippen LogP contribution is -2.14. The molecule has 126 valence electrons. The average Bonchev–Trinajstić information content (AvgIpc) is 2.94. The molecule has 0 fully saturated rings. The maximum absolute atomic E-state index is 12.8. The first-order valence-corrected chi connectivity index (χ1v) is 9.25. The average molecular weight is 346 g/mol. The molecular weight excluding hydrogens is 327 g/mol. The minimum Gasteiger partial charge on any atom is -0.309 e. The molecule has 0 aliphatic carbocycles. The Morgan fingerprint density at radius 2 is 1.58 bits per heavy atom. The summed E-state index contributed by atoms with van der Waals surface area (Å²) in [7, 11) is -3.74. The molecule has 0 aliphatic heterocycles. The van der Waals surface area contributed by atoms with Crippen molar-refractivity contribution in [2.24, 2.45) is 0 Å². The molecule has 0 N–H and O–H groups in total. The van der Waals surface area contributed by atoms with Crippen LogP contribution in [-0.2, 0) is 13.6 Å². The van der Waals surface area contributed by atoms with Crippen molar-refractivity contribution in [2.45, 2.75) is 13.8 Å². The first kappa shape index (κ1) is 16.7. The highest BCUT2D eigenvalue weighted by molar-refractivity contribution is 7.48. The van der Waals surface area contributed by atoms with Crippen LogP contribution in [0.25, 0.3) is 22.4 Å². The number of fused-ring (bicyclic) bond motifs is 1. The second kappa shape index (κ2) is 7.18. The van der Waals surface area contributed by atoms with E-state index in [0.717, 1.165) is 11.1 Å². The van der Waals surface area contributed by atoms with Crippen LogP contribution in [0.1, 0.15) is 13.8 Å². The number of rotatable bonds is 7. The molecule has 0 radical (unpaired) electrons. The summed E-state index contributed by atoms with van der Waals surface area (Å²) >= 11 is 0. The predicted octanol–water partition coefficient (Wildman–Crippen LogP) is 4.31. The summed E-state index contributed by atoms with van der Waals surface area (Å²) in [6, 6.07) is 17.0. The fourth-order valence-electron chi connectivity index (χ4n) is 2.36. The predicted molar refractivity (Wildman–Crippen MR) is 92.6 cm³/mol. The molecule has 1 aromatic heterocycles. The maximum atomic E-state index is 12.8. The first-order valence-electron chi connectivity index (χ1n) is 7.79. The Hall–Kier alpha value is -2.14. The van der Waals surface area contributed by atoms with Gasteiger partial charge in [-0.15, -0.1) is 0 Å². The van der Waals surface area contributed by atoms with E-state index in [2.05, 4.69) is 4.98 Å². The van der Waals surface area contributed by atoms with Gasteiger partial charge < -0.3 is 4.62 Å². The molecule has 1 heterocycles. The number of hydrogen-bond acceptors (Lipinski definition) is 5. The SMILES string of the molecule is CCOP(=O)(OCC)On1c(-c2ccccc2)nc2ccccc21. The number of para-hydroxylation sites is 2. The largest absolute Gasteiger partial charge is 0.549 e. The van der Waals surface area contributed by atoms with E-state index in [4.69, 9.17) is 13.7 Å². The molecule has 0 spiro atoms. The maximum Gasteiger partial charge on any atom is 0.549 e. The van der Waals surface area contributed by atoms with Crippen LogP contribution in [0.3, 0.4) is 0 Å². The van der Waals surface area contributed by atoms with E-state index in [9.17, 15) is 4.57 Å². The quantitative estimate of drug-likeness (QED) is 0.597. The molecule has 0 saturated carbocycles. The van der Waals surface area contributed by atoms with Gasteiger partial charge in [0.2, 0.25) is 0 Å². The third kappa shape index (κ3) is 3.36. The van der Waals surface area contributed by atoms with Gasteiger partial charge in [0, 0.05) is 5.56 Å². The van der Waals surface area contributed by atoms with Crippen LogP contribution in [0.4, 0.5) is 0 Å². The summed E-state index contributed by atoms with van der Waals surface area (Å²) in [4.78, 5) is 4.59. The Kier molecular flexibility index (Phi) is 5.00. The molecule has 0 aliphatic rings. The first-order chi connectivity index (χ1) is 11.7. The fraction of sp³-hybridized carbons (Fsp3) is 0.235. The van der Waals surface area contributed by atoms with Gasteiger partial charge >= 0.3 is 7.82 Å². The molecule has 0 saturated heterocycles. The van der Waals surface area contributed by atoms with E-state index in [1.54, 1.807) is 13.8 Å². The van der Waals surface area contributed by atoms with Gasteiger partial charge in [0.15, 0.2) is 5.82 Å². The van der Waals surface area contributed by atoms with Crippen LogP contribution in [0.5, 0.6) is 0 Å². The second-order valence-corrected chi connectivity index (χ2v) is 6.52. The van der Waals surface area contributed by atoms with E-state index < -0.39 is 7.82 Å². The molecule has 0 bridgehead atoms. The molecule has 0 unspecified atom stereocenters. The van der Waals surface area contributed by atoms with Crippen LogP contribution in [0.15, 0.2) is 54.6 Å². The monoisotopic (exact) mass is 346 g/mol. The zero-order valence-corrected chi connectivity index (χ0v) is 14.5. The Morgan fingerprint density at radius 3 is 2.25 bits per heavy atom. The zero-order chi connectivity index (χ0) is 17.0. The third-order valence-corrected chi connectivity index (χ3v) is 4.82. The van der Waals surface area contributed by atoms with Crippen molar-refractivity contribution >= 4 is 18.9 Å². The third-order valence-electron chi connectivity index (χ3n) is 3.31. The summed E-state index contributed by atoms with van der Waals surface area (Å²) in [5.41, 5.74) is 2.26. The van der Waals surface area contributed by atoms with Crippen LogP contribution < -0.4 is 4.62 Å². The molecule has 7 heteroatoms. The van der Waals surface area contributed by atoms with Crippen LogP contribution in [-0.4, -0.2) is 22.9 Å². The zero-order valence-electron chi connectivity index (χ0n) is 13.6. The molecule has 6 nitrogen and oxygen atoms in total. The van der Waals surface area contributed by atoms with Crippen molar-refractivity contribution in [1.82, 2.24) is 9.71 Å². The number of hydrogen-bond donors (Lipinski definition) is 0. The topological polar surface area (TPSA) is 62.6 Å². The van der Waals surface area contributed by atoms with Gasteiger partial charge in [-0.05, 0) is 26.0 Å². The highest BCUT2D eigenvalue weighted by Gasteiger charge is 2.30. The minimum atomic E-state index is -3.74. The summed E-state index contributed by atoms with van der Waals surface area (Å²) in [5.74, 6) is 0.538. The number of nitrogens with zero attached hydrogens (tertiary/aromatic N) is 2. The molecule has 2 aromatic carbocycles. The molecule has 0 amide bonds. The van der Waals surface area contributed by atoms with Crippen molar-refractivity contribution in [3.05, 3.63) is 54.6 Å². The van der Waals surface area contributed by atoms with Crippen molar-refractivity contribution in [2.75, 3.05) is 13.2 Å². The smallest absolute Gasteiger partial charge is 0.309 e. The van der Waals surface area contributed by atoms with E-state index in [1.807, 2.05) is 54.6 Å². The van der Waals surface area contributed by atoms with Crippen molar-refractivity contribution in [3.8, 4) is 11.4 Å². The van der Waals surface area contributed by atoms with Crippen molar-refractivity contribution < 1.29 is 18.2 Å². The summed E-state index contributed by atoms with van der Waals surface area (Å²) < 4.78 is 30.4. The standard InChI is InChI=1S/C17H19N2O4P/c1-3-21-24(20,22-4-2)23-19-16-13-9-8-12-15(16)18-17(19)14-10-6-5-7-11-14/h5-13H,3-4H2,1-2H3. The van der Waals surface area contributed by atoms with E-state index in [-0.39, 0.29) is 13.2 Å². The van der Waals surface area contributed by atoms with E-state index in [1.165, 1.54) is 4.73 Å². The van der Waals surface area contributed by atoms with Gasteiger partial charge in [0.25, 0.3) is 0 Å². The summed E-state index contributed by atoms with van der Waals surface area (Å²) in [5, 5.41) is 0. The lowest BCUT2D eigenvalue weighted by molar-refractivity contribution is 0.117. The summed E-state index contributed by atoms with van der Waals surface area (Å²) in [6.45, 7) is 3.90. The van der Waals surface area contributed by atoms with Crippen molar-refractivity contribution in [3.63, 3.8) is 0 Å². The van der Waals surface area contributed by atoms with Gasteiger partial charge in [-0.2, -0.15) is 4.73 Å². The fourth-order valence-corrected chi connectivity index (χ4v) is 3.52. The highest BCUT2D eigenvalue weighted by atomic mass is 31.2. The number of phosphoric ester groups is 1. The van der Waals surface area contributed by atoms with Gasteiger partial charge in [-0.3, -0.25) is 9.05 Å². The Balaban J connectivity index is 2.13. The van der Waals surface area contributed by atoms with Crippen LogP contribution >= 0.6 is 7.82 Å². The molecule has 0 atom stereocenters. The molecule has 3 rings (SSSR count). The number of aromatic nitrogens is 2. The normalized spacial score (nSPS) is 11.8. The van der Waals surface area contributed by atoms with Gasteiger partial charge in [-0.25, -0.2) is 9.55 Å². The summed E-state index contributed by atoms with van der Waals surface area (Å²) in [6.07, 6.45) is 0. The van der Waals surface area contributed by atoms with Crippen LogP contribution in [0, 0.1) is 0 Å². The van der Waals surface area contributed by atoms with Gasteiger partial charge in [-0.1, -0.05) is 42.5 Å². The van der Waals surface area contributed by atoms with Crippen molar-refractivity contribution in [1.29, 1.82) is 0 Å². The Bertz CT molecular complexity index is 853. The highest BCUT2D eigenvalue weighted by Crippen LogP contribution is 2.47. The lowest BCUT2D eigenvalue weighted by Gasteiger charge is -2.18. The van der Waals surface area contributed by atoms with Crippen LogP contribution in [0.2, 0.25) is 0 Å². The van der Waals surface area contributed by atoms with Gasteiger partial charge in [0.1, 0.15) is 5.52 Å². The Labute approximate surface area is 140 Å². The number of phosphoric acid groups is 1. The number of benzene rings is 2. The van der Waals surface area contributed by atoms with E-state index >= 15 is 0 Å². The second-order valence-electron chi connectivity index (χ2n) is 4.95. The lowest BCUT2D eigenvalue weighted by atomic mass is 10.2. The van der Waals surface area contributed by atoms with E-state index in [0.29, 0.717) is 11.3 Å². The molecular formula is C17H19N2O4P. The molecule has 3 aromatic rings.